The minimum Gasteiger partial charge on any atom is -0.461 e. The first kappa shape index (κ1) is 25.4. The normalized spacial score (nSPS) is 11.4. The van der Waals surface area contributed by atoms with Crippen molar-refractivity contribution in [2.75, 3.05) is 26.3 Å². The Kier molecular flexibility index (Phi) is 10.3. The van der Waals surface area contributed by atoms with Gasteiger partial charge in [-0.25, -0.2) is 9.59 Å². The van der Waals surface area contributed by atoms with Crippen molar-refractivity contribution in [3.05, 3.63) is 0 Å². The highest BCUT2D eigenvalue weighted by Gasteiger charge is 2.19. The van der Waals surface area contributed by atoms with Crippen molar-refractivity contribution in [2.45, 2.75) is 58.8 Å². The molecule has 0 aliphatic heterocycles. The van der Waals surface area contributed by atoms with Gasteiger partial charge < -0.3 is 34.7 Å². The Balaban J connectivity index is 3.93. The highest BCUT2D eigenvalue weighted by Crippen LogP contribution is 2.06. The molecule has 3 N–H and O–H groups in total. The van der Waals surface area contributed by atoms with E-state index in [-0.39, 0.29) is 0 Å². The first-order valence-corrected chi connectivity index (χ1v) is 8.61. The summed E-state index contributed by atoms with van der Waals surface area (Å²) in [5.74, 6) is -1.61. The SMILES string of the molecule is CC(C)(C)OC(=O)NCC(=O)OCC(O)COC(=O)CNC(=O)OC(C)(C)C. The molecule has 0 aliphatic carbocycles. The van der Waals surface area contributed by atoms with Crippen LogP contribution in [0.15, 0.2) is 0 Å². The van der Waals surface area contributed by atoms with E-state index in [4.69, 9.17) is 18.9 Å². The summed E-state index contributed by atoms with van der Waals surface area (Å²) in [6.45, 7) is 8.26. The van der Waals surface area contributed by atoms with Crippen LogP contribution in [-0.4, -0.2) is 72.8 Å². The predicted octanol–water partition coefficient (Wildman–Crippen LogP) is 0.483. The number of hydrogen-bond acceptors (Lipinski definition) is 9. The van der Waals surface area contributed by atoms with Crippen LogP contribution in [0.25, 0.3) is 0 Å². The molecule has 0 saturated heterocycles. The van der Waals surface area contributed by atoms with Gasteiger partial charge in [0.15, 0.2) is 0 Å². The molecule has 0 spiro atoms. The second kappa shape index (κ2) is 11.3. The molecule has 0 aliphatic rings. The Hall–Kier alpha value is -2.56. The first-order valence-electron chi connectivity index (χ1n) is 8.61. The van der Waals surface area contributed by atoms with Crippen molar-refractivity contribution in [1.82, 2.24) is 10.6 Å². The van der Waals surface area contributed by atoms with Crippen LogP contribution in [0.3, 0.4) is 0 Å². The number of alkyl carbamates (subject to hydrolysis) is 2. The van der Waals surface area contributed by atoms with Crippen molar-refractivity contribution in [1.29, 1.82) is 0 Å². The van der Waals surface area contributed by atoms with E-state index in [1.165, 1.54) is 0 Å². The van der Waals surface area contributed by atoms with Crippen LogP contribution >= 0.6 is 0 Å². The molecule has 0 aromatic heterocycles. The van der Waals surface area contributed by atoms with Gasteiger partial charge in [-0.3, -0.25) is 9.59 Å². The number of aliphatic hydroxyl groups is 1. The standard InChI is InChI=1S/C17H30N2O9/c1-16(2,3)27-14(23)18-7-12(21)25-9-11(20)10-26-13(22)8-19-15(24)28-17(4,5)6/h11,20H,7-10H2,1-6H3,(H,18,23)(H,19,24). The lowest BCUT2D eigenvalue weighted by Crippen LogP contribution is -2.37. The molecule has 0 bridgehead atoms. The van der Waals surface area contributed by atoms with Crippen LogP contribution in [0, 0.1) is 0 Å². The Bertz CT molecular complexity index is 502. The van der Waals surface area contributed by atoms with E-state index in [2.05, 4.69) is 10.6 Å². The van der Waals surface area contributed by atoms with E-state index in [9.17, 15) is 24.3 Å². The average molecular weight is 406 g/mol. The summed E-state index contributed by atoms with van der Waals surface area (Å²) in [5, 5.41) is 14.0. The van der Waals surface area contributed by atoms with Gasteiger partial charge in [-0.1, -0.05) is 0 Å². The van der Waals surface area contributed by atoms with Gasteiger partial charge >= 0.3 is 24.1 Å². The molecule has 11 heteroatoms. The molecule has 162 valence electrons. The van der Waals surface area contributed by atoms with E-state index in [1.54, 1.807) is 41.5 Å². The Morgan fingerprint density at radius 1 is 0.750 bits per heavy atom. The third kappa shape index (κ3) is 15.7. The monoisotopic (exact) mass is 406 g/mol. The van der Waals surface area contributed by atoms with Crippen molar-refractivity contribution in [3.8, 4) is 0 Å². The zero-order chi connectivity index (χ0) is 22.0. The molecule has 0 atom stereocenters. The highest BCUT2D eigenvalue weighted by molar-refractivity contribution is 5.78. The lowest BCUT2D eigenvalue weighted by atomic mass is 10.2. The van der Waals surface area contributed by atoms with Crippen molar-refractivity contribution >= 4 is 24.1 Å². The maximum Gasteiger partial charge on any atom is 0.408 e. The molecule has 0 heterocycles. The lowest BCUT2D eigenvalue weighted by Gasteiger charge is -2.19. The van der Waals surface area contributed by atoms with Crippen molar-refractivity contribution in [2.24, 2.45) is 0 Å². The summed E-state index contributed by atoms with van der Waals surface area (Å²) in [4.78, 5) is 45.7. The fraction of sp³-hybridized carbons (Fsp3) is 0.765. The van der Waals surface area contributed by atoms with Crippen LogP contribution < -0.4 is 10.6 Å². The summed E-state index contributed by atoms with van der Waals surface area (Å²) >= 11 is 0. The smallest absolute Gasteiger partial charge is 0.408 e. The van der Waals surface area contributed by atoms with Crippen LogP contribution in [0.2, 0.25) is 0 Å². The van der Waals surface area contributed by atoms with Crippen molar-refractivity contribution in [3.63, 3.8) is 0 Å². The minimum atomic E-state index is -1.27. The van der Waals surface area contributed by atoms with Crippen LogP contribution in [-0.2, 0) is 28.5 Å². The summed E-state index contributed by atoms with van der Waals surface area (Å²) in [6, 6.07) is 0. The van der Waals surface area contributed by atoms with Gasteiger partial charge in [0, 0.05) is 0 Å². The fourth-order valence-corrected chi connectivity index (χ4v) is 1.45. The molecular formula is C17H30N2O9. The lowest BCUT2D eigenvalue weighted by molar-refractivity contribution is -0.151. The Labute approximate surface area is 164 Å². The van der Waals surface area contributed by atoms with Gasteiger partial charge in [-0.2, -0.15) is 0 Å². The zero-order valence-corrected chi connectivity index (χ0v) is 17.1. The number of rotatable bonds is 8. The molecular weight excluding hydrogens is 376 g/mol. The maximum absolute atomic E-state index is 11.5. The van der Waals surface area contributed by atoms with Crippen molar-refractivity contribution < 1.29 is 43.2 Å². The summed E-state index contributed by atoms with van der Waals surface area (Å²) in [6.07, 6.45) is -2.83. The third-order valence-electron chi connectivity index (χ3n) is 2.43. The van der Waals surface area contributed by atoms with E-state index in [0.29, 0.717) is 0 Å². The number of carbonyl (C=O) groups excluding carboxylic acids is 4. The Morgan fingerprint density at radius 3 is 1.36 bits per heavy atom. The summed E-state index contributed by atoms with van der Waals surface area (Å²) < 4.78 is 19.3. The Morgan fingerprint density at radius 2 is 1.07 bits per heavy atom. The predicted molar refractivity (Wildman–Crippen MR) is 96.4 cm³/mol. The van der Waals surface area contributed by atoms with E-state index < -0.39 is 67.7 Å². The highest BCUT2D eigenvalue weighted by atomic mass is 16.6. The maximum atomic E-state index is 11.5. The molecule has 0 saturated carbocycles. The number of hydrogen-bond donors (Lipinski definition) is 3. The third-order valence-corrected chi connectivity index (χ3v) is 2.43. The van der Waals surface area contributed by atoms with E-state index in [1.807, 2.05) is 0 Å². The number of carbonyl (C=O) groups is 4. The largest absolute Gasteiger partial charge is 0.461 e. The molecule has 0 rings (SSSR count). The number of amides is 2. The molecule has 0 fully saturated rings. The van der Waals surface area contributed by atoms with Crippen LogP contribution in [0.4, 0.5) is 9.59 Å². The molecule has 28 heavy (non-hydrogen) atoms. The number of nitrogens with one attached hydrogen (secondary N) is 2. The van der Waals surface area contributed by atoms with E-state index in [0.717, 1.165) is 0 Å². The quantitative estimate of drug-likeness (QED) is 0.386. The van der Waals surface area contributed by atoms with Crippen LogP contribution in [0.5, 0.6) is 0 Å². The molecule has 0 radical (unpaired) electrons. The van der Waals surface area contributed by atoms with Gasteiger partial charge in [0.05, 0.1) is 0 Å². The average Bonchev–Trinajstić information content (AvgIpc) is 2.51. The molecule has 2 amide bonds. The summed E-state index contributed by atoms with van der Waals surface area (Å²) in [7, 11) is 0. The fourth-order valence-electron chi connectivity index (χ4n) is 1.45. The number of aliphatic hydroxyl groups excluding tert-OH is 1. The molecule has 0 aromatic rings. The molecule has 11 nitrogen and oxygen atoms in total. The second-order valence-electron chi connectivity index (χ2n) is 7.73. The molecule has 0 aromatic carbocycles. The van der Waals surface area contributed by atoms with Gasteiger partial charge in [-0.05, 0) is 41.5 Å². The van der Waals surface area contributed by atoms with Gasteiger partial charge in [0.1, 0.15) is 43.6 Å². The first-order chi connectivity index (χ1) is 12.7. The zero-order valence-electron chi connectivity index (χ0n) is 17.1. The second-order valence-corrected chi connectivity index (χ2v) is 7.73. The number of esters is 2. The molecule has 0 unspecified atom stereocenters. The summed E-state index contributed by atoms with van der Waals surface area (Å²) in [5.41, 5.74) is -1.40. The van der Waals surface area contributed by atoms with Gasteiger partial charge in [0.25, 0.3) is 0 Å². The topological polar surface area (TPSA) is 149 Å². The van der Waals surface area contributed by atoms with Gasteiger partial charge in [0.2, 0.25) is 0 Å². The van der Waals surface area contributed by atoms with Crippen LogP contribution in [0.1, 0.15) is 41.5 Å². The van der Waals surface area contributed by atoms with Gasteiger partial charge in [-0.15, -0.1) is 0 Å². The minimum absolute atomic E-state index is 0.443. The number of ether oxygens (including phenoxy) is 4. The van der Waals surface area contributed by atoms with E-state index >= 15 is 0 Å².